The highest BCUT2D eigenvalue weighted by atomic mass is 16.6. The van der Waals surface area contributed by atoms with Gasteiger partial charge in [0.25, 0.3) is 0 Å². The van der Waals surface area contributed by atoms with Gasteiger partial charge in [0.15, 0.2) is 0 Å². The zero-order chi connectivity index (χ0) is 10.9. The topological polar surface area (TPSA) is 55.4 Å². The first-order valence-corrected chi connectivity index (χ1v) is 4.82. The van der Waals surface area contributed by atoms with Gasteiger partial charge in [-0.05, 0) is 26.7 Å². The van der Waals surface area contributed by atoms with Crippen LogP contribution in [0, 0.1) is 5.92 Å². The maximum Gasteiger partial charge on any atom is 0.329 e. The van der Waals surface area contributed by atoms with E-state index >= 15 is 0 Å². The molecular formula is C10H17NO3. The van der Waals surface area contributed by atoms with Crippen LogP contribution >= 0.6 is 0 Å². The Kier molecular flexibility index (Phi) is 2.83. The molecule has 4 heteroatoms. The van der Waals surface area contributed by atoms with E-state index in [2.05, 4.69) is 5.32 Å². The predicted molar refractivity (Wildman–Crippen MR) is 51.6 cm³/mol. The van der Waals surface area contributed by atoms with Crippen molar-refractivity contribution in [3.63, 3.8) is 0 Å². The normalized spacial score (nSPS) is 27.3. The molecule has 2 atom stereocenters. The number of nitrogens with one attached hydrogen (secondary N) is 1. The lowest BCUT2D eigenvalue weighted by Crippen LogP contribution is -2.41. The van der Waals surface area contributed by atoms with Gasteiger partial charge in [-0.2, -0.15) is 0 Å². The smallest absolute Gasteiger partial charge is 0.329 e. The monoisotopic (exact) mass is 199 g/mol. The van der Waals surface area contributed by atoms with Gasteiger partial charge in [-0.25, -0.2) is 4.79 Å². The van der Waals surface area contributed by atoms with Crippen LogP contribution in [0.5, 0.6) is 0 Å². The molecule has 0 aliphatic carbocycles. The van der Waals surface area contributed by atoms with Crippen molar-refractivity contribution in [2.24, 2.45) is 5.92 Å². The number of rotatable bonds is 1. The van der Waals surface area contributed by atoms with Crippen molar-refractivity contribution in [3.05, 3.63) is 0 Å². The number of carbonyl (C=O) groups is 2. The van der Waals surface area contributed by atoms with E-state index in [0.717, 1.165) is 0 Å². The highest BCUT2D eigenvalue weighted by molar-refractivity contribution is 5.88. The fourth-order valence-electron chi connectivity index (χ4n) is 1.44. The van der Waals surface area contributed by atoms with Gasteiger partial charge in [-0.15, -0.1) is 0 Å². The number of amides is 1. The summed E-state index contributed by atoms with van der Waals surface area (Å²) < 4.78 is 5.19. The molecule has 0 aromatic rings. The Morgan fingerprint density at radius 1 is 1.50 bits per heavy atom. The Balaban J connectivity index is 2.58. The summed E-state index contributed by atoms with van der Waals surface area (Å²) in [4.78, 5) is 22.6. The van der Waals surface area contributed by atoms with E-state index in [1.807, 2.05) is 27.7 Å². The van der Waals surface area contributed by atoms with Crippen LogP contribution in [-0.4, -0.2) is 23.5 Å². The molecule has 1 rings (SSSR count). The number of hydrogen-bond donors (Lipinski definition) is 1. The second-order valence-electron chi connectivity index (χ2n) is 4.76. The molecule has 1 aliphatic heterocycles. The molecule has 1 amide bonds. The lowest BCUT2D eigenvalue weighted by Gasteiger charge is -2.23. The molecule has 0 bridgehead atoms. The summed E-state index contributed by atoms with van der Waals surface area (Å²) in [5, 5.41) is 2.61. The molecule has 1 N–H and O–H groups in total. The SMILES string of the molecule is C[C@@H]1CC(=O)N[C@H]1C(=O)OC(C)(C)C. The number of esters is 1. The Morgan fingerprint density at radius 2 is 2.07 bits per heavy atom. The average Bonchev–Trinajstić information content (AvgIpc) is 2.26. The molecule has 0 spiro atoms. The fourth-order valence-corrected chi connectivity index (χ4v) is 1.44. The van der Waals surface area contributed by atoms with Gasteiger partial charge in [0.2, 0.25) is 5.91 Å². The van der Waals surface area contributed by atoms with Gasteiger partial charge in [0, 0.05) is 6.42 Å². The van der Waals surface area contributed by atoms with Gasteiger partial charge < -0.3 is 10.1 Å². The summed E-state index contributed by atoms with van der Waals surface area (Å²) in [6.45, 7) is 7.30. The Bertz CT molecular complexity index is 255. The van der Waals surface area contributed by atoms with Gasteiger partial charge in [-0.3, -0.25) is 4.79 Å². The second-order valence-corrected chi connectivity index (χ2v) is 4.76. The molecule has 80 valence electrons. The first-order chi connectivity index (χ1) is 6.29. The van der Waals surface area contributed by atoms with E-state index in [0.29, 0.717) is 6.42 Å². The molecular weight excluding hydrogens is 182 g/mol. The molecule has 0 radical (unpaired) electrons. The van der Waals surface area contributed by atoms with E-state index in [4.69, 9.17) is 4.74 Å². The van der Waals surface area contributed by atoms with Crippen molar-refractivity contribution in [2.45, 2.75) is 45.8 Å². The van der Waals surface area contributed by atoms with Gasteiger partial charge in [-0.1, -0.05) is 6.92 Å². The van der Waals surface area contributed by atoms with Crippen LogP contribution in [0.1, 0.15) is 34.1 Å². The van der Waals surface area contributed by atoms with Crippen LogP contribution in [0.2, 0.25) is 0 Å². The maximum absolute atomic E-state index is 11.6. The Hall–Kier alpha value is -1.06. The Labute approximate surface area is 84.0 Å². The third-order valence-corrected chi connectivity index (χ3v) is 2.05. The van der Waals surface area contributed by atoms with Crippen molar-refractivity contribution < 1.29 is 14.3 Å². The molecule has 1 fully saturated rings. The molecule has 4 nitrogen and oxygen atoms in total. The van der Waals surface area contributed by atoms with Crippen LogP contribution in [0.25, 0.3) is 0 Å². The van der Waals surface area contributed by atoms with E-state index < -0.39 is 11.6 Å². The van der Waals surface area contributed by atoms with Crippen LogP contribution in [0.3, 0.4) is 0 Å². The molecule has 0 saturated carbocycles. The van der Waals surface area contributed by atoms with Crippen LogP contribution in [0.4, 0.5) is 0 Å². The van der Waals surface area contributed by atoms with E-state index in [9.17, 15) is 9.59 Å². The van der Waals surface area contributed by atoms with Crippen molar-refractivity contribution in [3.8, 4) is 0 Å². The summed E-state index contributed by atoms with van der Waals surface area (Å²) >= 11 is 0. The zero-order valence-electron chi connectivity index (χ0n) is 9.09. The molecule has 1 aliphatic rings. The molecule has 1 saturated heterocycles. The molecule has 14 heavy (non-hydrogen) atoms. The Morgan fingerprint density at radius 3 is 2.43 bits per heavy atom. The van der Waals surface area contributed by atoms with Crippen molar-refractivity contribution >= 4 is 11.9 Å². The molecule has 0 unspecified atom stereocenters. The first-order valence-electron chi connectivity index (χ1n) is 4.82. The zero-order valence-corrected chi connectivity index (χ0v) is 9.09. The highest BCUT2D eigenvalue weighted by Crippen LogP contribution is 2.19. The van der Waals surface area contributed by atoms with E-state index in [-0.39, 0.29) is 17.8 Å². The summed E-state index contributed by atoms with van der Waals surface area (Å²) in [7, 11) is 0. The summed E-state index contributed by atoms with van der Waals surface area (Å²) in [6.07, 6.45) is 0.407. The van der Waals surface area contributed by atoms with Crippen LogP contribution in [0.15, 0.2) is 0 Å². The first kappa shape index (κ1) is 11.0. The van der Waals surface area contributed by atoms with Gasteiger partial charge in [0.1, 0.15) is 11.6 Å². The average molecular weight is 199 g/mol. The highest BCUT2D eigenvalue weighted by Gasteiger charge is 2.36. The third kappa shape index (κ3) is 2.72. The minimum atomic E-state index is -0.496. The van der Waals surface area contributed by atoms with Crippen molar-refractivity contribution in [1.29, 1.82) is 0 Å². The van der Waals surface area contributed by atoms with E-state index in [1.165, 1.54) is 0 Å². The lowest BCUT2D eigenvalue weighted by atomic mass is 10.0. The lowest BCUT2D eigenvalue weighted by molar-refractivity contribution is -0.158. The number of carbonyl (C=O) groups excluding carboxylic acids is 2. The molecule has 1 heterocycles. The van der Waals surface area contributed by atoms with Crippen molar-refractivity contribution in [1.82, 2.24) is 5.32 Å². The number of ether oxygens (including phenoxy) is 1. The standard InChI is InChI=1S/C10H17NO3/c1-6-5-7(12)11-8(6)9(13)14-10(2,3)4/h6,8H,5H2,1-4H3,(H,11,12)/t6-,8-/m1/s1. The summed E-state index contributed by atoms with van der Waals surface area (Å²) in [5.41, 5.74) is -0.496. The van der Waals surface area contributed by atoms with Gasteiger partial charge >= 0.3 is 5.97 Å². The summed E-state index contributed by atoms with van der Waals surface area (Å²) in [5.74, 6) is -0.387. The number of hydrogen-bond acceptors (Lipinski definition) is 3. The maximum atomic E-state index is 11.6. The fraction of sp³-hybridized carbons (Fsp3) is 0.800. The minimum absolute atomic E-state index is 0.0253. The quantitative estimate of drug-likeness (QED) is 0.637. The molecule has 0 aromatic carbocycles. The van der Waals surface area contributed by atoms with Crippen LogP contribution in [-0.2, 0) is 14.3 Å². The summed E-state index contributed by atoms with van der Waals surface area (Å²) in [6, 6.07) is -0.471. The van der Waals surface area contributed by atoms with Crippen LogP contribution < -0.4 is 5.32 Å². The second kappa shape index (κ2) is 3.59. The predicted octanol–water partition coefficient (Wildman–Crippen LogP) is 0.853. The van der Waals surface area contributed by atoms with E-state index in [1.54, 1.807) is 0 Å². The van der Waals surface area contributed by atoms with Crippen molar-refractivity contribution in [2.75, 3.05) is 0 Å². The third-order valence-electron chi connectivity index (χ3n) is 2.05. The van der Waals surface area contributed by atoms with Gasteiger partial charge in [0.05, 0.1) is 0 Å². The minimum Gasteiger partial charge on any atom is -0.458 e. The molecule has 0 aromatic heterocycles. The largest absolute Gasteiger partial charge is 0.458 e.